The van der Waals surface area contributed by atoms with E-state index in [9.17, 15) is 13.2 Å². The molecule has 0 aromatic heterocycles. The number of carbonyl (C=O) groups excluding carboxylic acids is 1. The van der Waals surface area contributed by atoms with Gasteiger partial charge in [-0.2, -0.15) is 0 Å². The van der Waals surface area contributed by atoms with Crippen LogP contribution in [0.25, 0.3) is 0 Å². The maximum atomic E-state index is 12.1. The number of hydrogen-bond donors (Lipinski definition) is 2. The van der Waals surface area contributed by atoms with Crippen molar-refractivity contribution in [1.82, 2.24) is 10.0 Å². The Bertz CT molecular complexity index is 631. The second kappa shape index (κ2) is 7.93. The van der Waals surface area contributed by atoms with Crippen molar-refractivity contribution >= 4 is 15.9 Å². The molecule has 0 aliphatic rings. The third-order valence-electron chi connectivity index (χ3n) is 3.05. The molecule has 0 unspecified atom stereocenters. The third-order valence-corrected chi connectivity index (χ3v) is 4.57. The summed E-state index contributed by atoms with van der Waals surface area (Å²) in [6.45, 7) is 9.93. The lowest BCUT2D eigenvalue weighted by Crippen LogP contribution is -2.32. The highest BCUT2D eigenvalue weighted by Crippen LogP contribution is 2.18. The fourth-order valence-electron chi connectivity index (χ4n) is 2.21. The molecule has 0 bridgehead atoms. The smallest absolute Gasteiger partial charge is 0.220 e. The largest absolute Gasteiger partial charge is 0.352 e. The number of benzene rings is 1. The minimum atomic E-state index is -3.39. The summed E-state index contributed by atoms with van der Waals surface area (Å²) in [5, 5.41) is 2.87. The lowest BCUT2D eigenvalue weighted by atomic mass is 9.92. The quantitative estimate of drug-likeness (QED) is 0.801. The van der Waals surface area contributed by atoms with E-state index >= 15 is 0 Å². The lowest BCUT2D eigenvalue weighted by molar-refractivity contribution is -0.122. The summed E-state index contributed by atoms with van der Waals surface area (Å²) >= 11 is 0. The summed E-state index contributed by atoms with van der Waals surface area (Å²) in [6.07, 6.45) is 0.433. The predicted molar refractivity (Wildman–Crippen MR) is 93.3 cm³/mol. The van der Waals surface area contributed by atoms with E-state index in [1.54, 1.807) is 26.0 Å². The molecule has 0 aliphatic carbocycles. The van der Waals surface area contributed by atoms with E-state index in [4.69, 9.17) is 0 Å². The van der Waals surface area contributed by atoms with Crippen molar-refractivity contribution in [3.05, 3.63) is 35.4 Å². The first-order chi connectivity index (χ1) is 10.5. The molecule has 130 valence electrons. The average Bonchev–Trinajstić information content (AvgIpc) is 2.33. The van der Waals surface area contributed by atoms with Crippen LogP contribution in [-0.2, 0) is 27.1 Å². The lowest BCUT2D eigenvalue weighted by Gasteiger charge is -2.18. The van der Waals surface area contributed by atoms with Crippen molar-refractivity contribution in [2.24, 2.45) is 5.41 Å². The zero-order valence-electron chi connectivity index (χ0n) is 14.6. The summed E-state index contributed by atoms with van der Waals surface area (Å²) in [5.74, 6) is -0.119. The van der Waals surface area contributed by atoms with Crippen LogP contribution in [0.4, 0.5) is 0 Å². The normalized spacial score (nSPS) is 12.4. The Balaban J connectivity index is 2.77. The topological polar surface area (TPSA) is 75.3 Å². The molecule has 0 atom stereocenters. The molecule has 0 fully saturated rings. The highest BCUT2D eigenvalue weighted by atomic mass is 32.2. The molecule has 2 N–H and O–H groups in total. The van der Waals surface area contributed by atoms with Crippen LogP contribution in [0.3, 0.4) is 0 Å². The zero-order chi connectivity index (χ0) is 17.7. The molecule has 23 heavy (non-hydrogen) atoms. The first-order valence-corrected chi connectivity index (χ1v) is 9.47. The molecular weight excluding hydrogens is 312 g/mol. The number of amides is 1. The SMILES string of the molecule is CC(C)NS(=O)(=O)Cc1ccccc1CNC(=O)CC(C)(C)C. The maximum absolute atomic E-state index is 12.1. The van der Waals surface area contributed by atoms with E-state index in [-0.39, 0.29) is 23.1 Å². The van der Waals surface area contributed by atoms with Crippen molar-refractivity contribution < 1.29 is 13.2 Å². The van der Waals surface area contributed by atoms with Crippen molar-refractivity contribution in [3.8, 4) is 0 Å². The second-order valence-corrected chi connectivity index (χ2v) is 9.07. The van der Waals surface area contributed by atoms with Gasteiger partial charge >= 0.3 is 0 Å². The third kappa shape index (κ3) is 8.13. The molecule has 1 aromatic carbocycles. The van der Waals surface area contributed by atoms with Gasteiger partial charge in [-0.3, -0.25) is 4.79 Å². The van der Waals surface area contributed by atoms with Crippen molar-refractivity contribution in [3.63, 3.8) is 0 Å². The summed E-state index contributed by atoms with van der Waals surface area (Å²) in [4.78, 5) is 11.9. The van der Waals surface area contributed by atoms with Crippen LogP contribution in [0, 0.1) is 5.41 Å². The van der Waals surface area contributed by atoms with Crippen LogP contribution in [-0.4, -0.2) is 20.4 Å². The van der Waals surface area contributed by atoms with Crippen LogP contribution in [0.5, 0.6) is 0 Å². The van der Waals surface area contributed by atoms with E-state index in [1.807, 2.05) is 32.9 Å². The molecule has 1 aromatic rings. The molecule has 0 radical (unpaired) electrons. The van der Waals surface area contributed by atoms with Gasteiger partial charge in [0.2, 0.25) is 15.9 Å². The summed E-state index contributed by atoms with van der Waals surface area (Å²) in [7, 11) is -3.39. The number of sulfonamides is 1. The van der Waals surface area contributed by atoms with Crippen molar-refractivity contribution in [2.75, 3.05) is 0 Å². The van der Waals surface area contributed by atoms with E-state index in [0.717, 1.165) is 5.56 Å². The van der Waals surface area contributed by atoms with Crippen LogP contribution >= 0.6 is 0 Å². The Labute approximate surface area is 139 Å². The Morgan fingerprint density at radius 3 is 2.22 bits per heavy atom. The molecule has 0 saturated carbocycles. The van der Waals surface area contributed by atoms with Crippen molar-refractivity contribution in [2.45, 2.75) is 59.4 Å². The molecule has 0 spiro atoms. The number of nitrogens with one attached hydrogen (secondary N) is 2. The van der Waals surface area contributed by atoms with Gasteiger partial charge in [0.15, 0.2) is 0 Å². The molecule has 5 nitrogen and oxygen atoms in total. The summed E-state index contributed by atoms with van der Waals surface area (Å²) in [5.41, 5.74) is 1.45. The molecule has 0 heterocycles. The van der Waals surface area contributed by atoms with Gasteiger partial charge in [0, 0.05) is 19.0 Å². The molecule has 6 heteroatoms. The summed E-state index contributed by atoms with van der Waals surface area (Å²) in [6, 6.07) is 7.14. The second-order valence-electron chi connectivity index (χ2n) is 7.31. The number of carbonyl (C=O) groups is 1. The van der Waals surface area contributed by atoms with Gasteiger partial charge in [0.1, 0.15) is 0 Å². The minimum Gasteiger partial charge on any atom is -0.352 e. The van der Waals surface area contributed by atoms with Gasteiger partial charge in [-0.1, -0.05) is 45.0 Å². The van der Waals surface area contributed by atoms with Gasteiger partial charge in [-0.15, -0.1) is 0 Å². The Kier molecular flexibility index (Phi) is 6.77. The molecular formula is C17H28N2O3S. The summed E-state index contributed by atoms with van der Waals surface area (Å²) < 4.78 is 26.8. The van der Waals surface area contributed by atoms with Gasteiger partial charge in [0.25, 0.3) is 0 Å². The molecule has 1 amide bonds. The fraction of sp³-hybridized carbons (Fsp3) is 0.588. The van der Waals surface area contributed by atoms with Crippen LogP contribution in [0.1, 0.15) is 52.2 Å². The molecule has 1 rings (SSSR count). The van der Waals surface area contributed by atoms with E-state index < -0.39 is 10.0 Å². The number of hydrogen-bond acceptors (Lipinski definition) is 3. The van der Waals surface area contributed by atoms with Gasteiger partial charge in [-0.25, -0.2) is 13.1 Å². The Hall–Kier alpha value is -1.40. The first kappa shape index (κ1) is 19.6. The first-order valence-electron chi connectivity index (χ1n) is 7.82. The van der Waals surface area contributed by atoms with Crippen LogP contribution in [0.2, 0.25) is 0 Å². The van der Waals surface area contributed by atoms with Gasteiger partial charge < -0.3 is 5.32 Å². The standard InChI is InChI=1S/C17H28N2O3S/c1-13(2)19-23(21,22)12-15-9-7-6-8-14(15)11-18-16(20)10-17(3,4)5/h6-9,13,19H,10-12H2,1-5H3,(H,18,20). The van der Waals surface area contributed by atoms with E-state index in [2.05, 4.69) is 10.0 Å². The molecule has 0 aliphatic heterocycles. The van der Waals surface area contributed by atoms with E-state index in [0.29, 0.717) is 18.5 Å². The van der Waals surface area contributed by atoms with Crippen LogP contribution < -0.4 is 10.0 Å². The predicted octanol–water partition coefficient (Wildman–Crippen LogP) is 2.57. The fourth-order valence-corrected chi connectivity index (χ4v) is 3.71. The average molecular weight is 340 g/mol. The number of rotatable bonds is 7. The monoisotopic (exact) mass is 340 g/mol. The maximum Gasteiger partial charge on any atom is 0.220 e. The van der Waals surface area contributed by atoms with Gasteiger partial charge in [0.05, 0.1) is 5.75 Å². The van der Waals surface area contributed by atoms with Crippen molar-refractivity contribution in [1.29, 1.82) is 0 Å². The minimum absolute atomic E-state index is 0.0320. The Morgan fingerprint density at radius 1 is 1.13 bits per heavy atom. The highest BCUT2D eigenvalue weighted by Gasteiger charge is 2.17. The van der Waals surface area contributed by atoms with Crippen LogP contribution in [0.15, 0.2) is 24.3 Å². The molecule has 0 saturated heterocycles. The van der Waals surface area contributed by atoms with Gasteiger partial charge in [-0.05, 0) is 30.4 Å². The Morgan fingerprint density at radius 2 is 1.70 bits per heavy atom. The van der Waals surface area contributed by atoms with E-state index in [1.165, 1.54) is 0 Å². The zero-order valence-corrected chi connectivity index (χ0v) is 15.5. The highest BCUT2D eigenvalue weighted by molar-refractivity contribution is 7.88.